The highest BCUT2D eigenvalue weighted by Gasteiger charge is 2.35. The molecular formula is C16H17N3O3. The van der Waals surface area contributed by atoms with Crippen LogP contribution in [0.3, 0.4) is 0 Å². The molecule has 1 amide bonds. The molecule has 0 aliphatic carbocycles. The van der Waals surface area contributed by atoms with E-state index in [9.17, 15) is 14.7 Å². The van der Waals surface area contributed by atoms with Crippen LogP contribution in [-0.4, -0.2) is 37.7 Å². The van der Waals surface area contributed by atoms with Gasteiger partial charge >= 0.3 is 5.97 Å². The van der Waals surface area contributed by atoms with Gasteiger partial charge in [-0.2, -0.15) is 5.10 Å². The second-order valence-electron chi connectivity index (χ2n) is 5.47. The summed E-state index contributed by atoms with van der Waals surface area (Å²) in [5.74, 6) is -1.17. The van der Waals surface area contributed by atoms with Crippen molar-refractivity contribution >= 4 is 11.9 Å². The number of carboxylic acid groups (broad SMARTS) is 1. The van der Waals surface area contributed by atoms with Crippen molar-refractivity contribution < 1.29 is 14.7 Å². The summed E-state index contributed by atoms with van der Waals surface area (Å²) in [5.41, 5.74) is 3.30. The smallest absolute Gasteiger partial charge is 0.326 e. The van der Waals surface area contributed by atoms with E-state index in [-0.39, 0.29) is 5.91 Å². The van der Waals surface area contributed by atoms with Gasteiger partial charge in [0.25, 0.3) is 5.91 Å². The quantitative estimate of drug-likeness (QED) is 0.935. The molecule has 1 N–H and O–H groups in total. The Hall–Kier alpha value is -2.63. The van der Waals surface area contributed by atoms with E-state index in [4.69, 9.17) is 0 Å². The average Bonchev–Trinajstić information content (AvgIpc) is 3.04. The highest BCUT2D eigenvalue weighted by molar-refractivity contribution is 6.01. The molecule has 6 nitrogen and oxygen atoms in total. The van der Waals surface area contributed by atoms with E-state index in [1.165, 1.54) is 4.90 Å². The average molecular weight is 299 g/mol. The lowest BCUT2D eigenvalue weighted by molar-refractivity contribution is -0.142. The topological polar surface area (TPSA) is 75.4 Å². The number of hydrogen-bond donors (Lipinski definition) is 1. The first-order valence-corrected chi connectivity index (χ1v) is 7.17. The molecule has 0 spiro atoms. The predicted octanol–water partition coefficient (Wildman–Crippen LogP) is 1.91. The molecule has 1 unspecified atom stereocenters. The normalized spacial score (nSPS) is 15.0. The van der Waals surface area contributed by atoms with Crippen molar-refractivity contribution in [2.24, 2.45) is 7.05 Å². The van der Waals surface area contributed by atoms with Gasteiger partial charge in [0.15, 0.2) is 0 Å². The Labute approximate surface area is 128 Å². The fraction of sp³-hybridized carbons (Fsp3) is 0.312. The van der Waals surface area contributed by atoms with Crippen LogP contribution in [0.1, 0.15) is 29.3 Å². The number of aliphatic carboxylic acids is 1. The molecule has 0 bridgehead atoms. The van der Waals surface area contributed by atoms with Crippen LogP contribution >= 0.6 is 0 Å². The fourth-order valence-corrected chi connectivity index (χ4v) is 2.85. The Morgan fingerprint density at radius 1 is 1.41 bits per heavy atom. The van der Waals surface area contributed by atoms with E-state index in [0.717, 1.165) is 16.7 Å². The van der Waals surface area contributed by atoms with Crippen molar-refractivity contribution in [3.05, 3.63) is 41.7 Å². The minimum atomic E-state index is -0.962. The summed E-state index contributed by atoms with van der Waals surface area (Å²) < 4.78 is 1.70. The van der Waals surface area contributed by atoms with Gasteiger partial charge in [-0.3, -0.25) is 9.48 Å². The van der Waals surface area contributed by atoms with Crippen molar-refractivity contribution in [2.75, 3.05) is 0 Å². The summed E-state index contributed by atoms with van der Waals surface area (Å²) in [5, 5.41) is 13.4. The number of rotatable bonds is 4. The van der Waals surface area contributed by atoms with Crippen LogP contribution in [0.25, 0.3) is 11.1 Å². The van der Waals surface area contributed by atoms with Crippen LogP contribution in [0.4, 0.5) is 0 Å². The number of carboxylic acids is 1. The molecule has 1 aromatic heterocycles. The summed E-state index contributed by atoms with van der Waals surface area (Å²) in [6, 6.07) is 4.88. The van der Waals surface area contributed by atoms with E-state index >= 15 is 0 Å². The van der Waals surface area contributed by atoms with E-state index in [1.54, 1.807) is 17.8 Å². The first-order valence-electron chi connectivity index (χ1n) is 7.17. The molecule has 22 heavy (non-hydrogen) atoms. The van der Waals surface area contributed by atoms with Gasteiger partial charge in [-0.25, -0.2) is 4.79 Å². The third kappa shape index (κ3) is 2.26. The van der Waals surface area contributed by atoms with Crippen molar-refractivity contribution in [3.8, 4) is 11.1 Å². The van der Waals surface area contributed by atoms with Crippen molar-refractivity contribution in [1.82, 2.24) is 14.7 Å². The number of benzene rings is 1. The molecular weight excluding hydrogens is 282 g/mol. The highest BCUT2D eigenvalue weighted by atomic mass is 16.4. The van der Waals surface area contributed by atoms with Crippen LogP contribution in [-0.2, 0) is 18.4 Å². The number of carbonyl (C=O) groups excluding carboxylic acids is 1. The van der Waals surface area contributed by atoms with Crippen molar-refractivity contribution in [3.63, 3.8) is 0 Å². The predicted molar refractivity (Wildman–Crippen MR) is 80.2 cm³/mol. The SMILES string of the molecule is CCC(C(=O)O)N1Cc2ccc(-c3cnn(C)c3)cc2C1=O. The zero-order valence-corrected chi connectivity index (χ0v) is 12.5. The summed E-state index contributed by atoms with van der Waals surface area (Å²) in [7, 11) is 1.84. The number of amides is 1. The number of nitrogens with zero attached hydrogens (tertiary/aromatic N) is 3. The fourth-order valence-electron chi connectivity index (χ4n) is 2.85. The standard InChI is InChI=1S/C16H17N3O3/c1-3-14(16(21)22)19-9-11-5-4-10(6-13(11)15(19)20)12-7-17-18(2)8-12/h4-8,14H,3,9H2,1-2H3,(H,21,22). The van der Waals surface area contributed by atoms with Gasteiger partial charge in [0, 0.05) is 30.9 Å². The zero-order chi connectivity index (χ0) is 15.9. The van der Waals surface area contributed by atoms with Gasteiger partial charge in [0.2, 0.25) is 0 Å². The van der Waals surface area contributed by atoms with Crippen LogP contribution < -0.4 is 0 Å². The van der Waals surface area contributed by atoms with Gasteiger partial charge in [-0.05, 0) is 23.6 Å². The number of aryl methyl sites for hydroxylation is 1. The summed E-state index contributed by atoms with van der Waals surface area (Å²) in [4.78, 5) is 25.3. The van der Waals surface area contributed by atoms with Crippen LogP contribution in [0.2, 0.25) is 0 Å². The molecule has 2 aromatic rings. The minimum Gasteiger partial charge on any atom is -0.480 e. The highest BCUT2D eigenvalue weighted by Crippen LogP contribution is 2.30. The van der Waals surface area contributed by atoms with Crippen LogP contribution in [0.15, 0.2) is 30.6 Å². The molecule has 2 heterocycles. The van der Waals surface area contributed by atoms with Gasteiger partial charge < -0.3 is 10.0 Å². The number of carbonyl (C=O) groups is 2. The molecule has 1 aliphatic heterocycles. The zero-order valence-electron chi connectivity index (χ0n) is 12.5. The maximum atomic E-state index is 12.5. The van der Waals surface area contributed by atoms with Gasteiger partial charge in [0.1, 0.15) is 6.04 Å². The van der Waals surface area contributed by atoms with E-state index in [1.807, 2.05) is 31.4 Å². The second-order valence-corrected chi connectivity index (χ2v) is 5.47. The molecule has 0 saturated heterocycles. The molecule has 0 radical (unpaired) electrons. The summed E-state index contributed by atoms with van der Waals surface area (Å²) >= 11 is 0. The molecule has 0 saturated carbocycles. The number of hydrogen-bond acceptors (Lipinski definition) is 3. The van der Waals surface area contributed by atoms with Crippen molar-refractivity contribution in [2.45, 2.75) is 25.9 Å². The van der Waals surface area contributed by atoms with E-state index in [0.29, 0.717) is 18.5 Å². The van der Waals surface area contributed by atoms with E-state index < -0.39 is 12.0 Å². The van der Waals surface area contributed by atoms with Crippen LogP contribution in [0, 0.1) is 0 Å². The Morgan fingerprint density at radius 2 is 2.18 bits per heavy atom. The minimum absolute atomic E-state index is 0.213. The molecule has 1 atom stereocenters. The maximum absolute atomic E-state index is 12.5. The Morgan fingerprint density at radius 3 is 2.77 bits per heavy atom. The maximum Gasteiger partial charge on any atom is 0.326 e. The van der Waals surface area contributed by atoms with Gasteiger partial charge in [0.05, 0.1) is 6.20 Å². The molecule has 0 fully saturated rings. The lowest BCUT2D eigenvalue weighted by Crippen LogP contribution is -2.40. The Bertz CT molecular complexity index is 751. The van der Waals surface area contributed by atoms with Gasteiger partial charge in [-0.15, -0.1) is 0 Å². The number of aromatic nitrogens is 2. The first-order chi connectivity index (χ1) is 10.5. The van der Waals surface area contributed by atoms with Crippen molar-refractivity contribution in [1.29, 1.82) is 0 Å². The first kappa shape index (κ1) is 14.3. The Kier molecular flexibility index (Phi) is 3.44. The molecule has 3 rings (SSSR count). The molecule has 1 aromatic carbocycles. The number of fused-ring (bicyclic) bond motifs is 1. The van der Waals surface area contributed by atoms with Crippen LogP contribution in [0.5, 0.6) is 0 Å². The molecule has 114 valence electrons. The third-order valence-corrected chi connectivity index (χ3v) is 4.03. The Balaban J connectivity index is 1.95. The molecule has 6 heteroatoms. The molecule has 1 aliphatic rings. The van der Waals surface area contributed by atoms with Gasteiger partial charge in [-0.1, -0.05) is 19.1 Å². The monoisotopic (exact) mass is 299 g/mol. The second kappa shape index (κ2) is 5.29. The third-order valence-electron chi connectivity index (χ3n) is 4.03. The largest absolute Gasteiger partial charge is 0.480 e. The lowest BCUT2D eigenvalue weighted by Gasteiger charge is -2.22. The van der Waals surface area contributed by atoms with E-state index in [2.05, 4.69) is 5.10 Å². The summed E-state index contributed by atoms with van der Waals surface area (Å²) in [6.07, 6.45) is 4.01. The summed E-state index contributed by atoms with van der Waals surface area (Å²) in [6.45, 7) is 2.13. The lowest BCUT2D eigenvalue weighted by atomic mass is 10.0.